The van der Waals surface area contributed by atoms with E-state index in [2.05, 4.69) is 39.4 Å². The summed E-state index contributed by atoms with van der Waals surface area (Å²) in [6.45, 7) is 3.14. The number of rotatable bonds is 4. The van der Waals surface area contributed by atoms with E-state index in [0.29, 0.717) is 6.61 Å². The molecule has 1 saturated heterocycles. The standard InChI is InChI=1S/C20H20FN3O/c21-19-6-2-5-17(10-19)20-14-24(7-8-25-20)13-15-3-1-4-16(9-15)18-11-22-23-12-18/h1-6,9-12,20H,7-8,13-14H2,(H,22,23). The lowest BCUT2D eigenvalue weighted by molar-refractivity contribution is -0.0330. The lowest BCUT2D eigenvalue weighted by Gasteiger charge is -2.33. The van der Waals surface area contributed by atoms with Gasteiger partial charge in [0, 0.05) is 31.4 Å². The molecule has 3 aromatic rings. The molecule has 1 N–H and O–H groups in total. The van der Waals surface area contributed by atoms with Crippen molar-refractivity contribution in [1.29, 1.82) is 0 Å². The predicted molar refractivity (Wildman–Crippen MR) is 94.4 cm³/mol. The van der Waals surface area contributed by atoms with Gasteiger partial charge in [-0.05, 0) is 34.9 Å². The van der Waals surface area contributed by atoms with E-state index < -0.39 is 0 Å². The van der Waals surface area contributed by atoms with Gasteiger partial charge in [-0.1, -0.05) is 30.3 Å². The van der Waals surface area contributed by atoms with Gasteiger partial charge in [0.2, 0.25) is 0 Å². The van der Waals surface area contributed by atoms with Crippen molar-refractivity contribution in [1.82, 2.24) is 15.1 Å². The van der Waals surface area contributed by atoms with Gasteiger partial charge in [-0.3, -0.25) is 10.00 Å². The van der Waals surface area contributed by atoms with Crippen molar-refractivity contribution in [3.8, 4) is 11.1 Å². The molecular weight excluding hydrogens is 317 g/mol. The molecule has 2 heterocycles. The molecule has 0 spiro atoms. The van der Waals surface area contributed by atoms with Crippen LogP contribution in [0.5, 0.6) is 0 Å². The summed E-state index contributed by atoms with van der Waals surface area (Å²) in [5.74, 6) is -0.217. The SMILES string of the molecule is Fc1cccc(C2CN(Cc3cccc(-c4cn[nH]c4)c3)CCO2)c1. The third kappa shape index (κ3) is 3.78. The molecule has 128 valence electrons. The van der Waals surface area contributed by atoms with Crippen LogP contribution >= 0.6 is 0 Å². The van der Waals surface area contributed by atoms with E-state index in [1.165, 1.54) is 11.6 Å². The highest BCUT2D eigenvalue weighted by Crippen LogP contribution is 2.25. The molecule has 1 aliphatic rings. The van der Waals surface area contributed by atoms with Gasteiger partial charge in [-0.15, -0.1) is 0 Å². The second-order valence-corrected chi connectivity index (χ2v) is 6.34. The third-order valence-electron chi connectivity index (χ3n) is 4.54. The highest BCUT2D eigenvalue weighted by atomic mass is 19.1. The third-order valence-corrected chi connectivity index (χ3v) is 4.54. The van der Waals surface area contributed by atoms with Crippen LogP contribution in [0.2, 0.25) is 0 Å². The molecule has 0 aliphatic carbocycles. The Morgan fingerprint density at radius 2 is 2.08 bits per heavy atom. The van der Waals surface area contributed by atoms with Gasteiger partial charge in [-0.2, -0.15) is 5.10 Å². The molecule has 4 nitrogen and oxygen atoms in total. The highest BCUT2D eigenvalue weighted by molar-refractivity contribution is 5.62. The first-order chi connectivity index (χ1) is 12.3. The van der Waals surface area contributed by atoms with E-state index >= 15 is 0 Å². The number of aromatic amines is 1. The van der Waals surface area contributed by atoms with Crippen LogP contribution in [0, 0.1) is 5.82 Å². The number of H-pyrrole nitrogens is 1. The summed E-state index contributed by atoms with van der Waals surface area (Å²) in [7, 11) is 0. The first-order valence-electron chi connectivity index (χ1n) is 8.45. The maximum atomic E-state index is 13.5. The Morgan fingerprint density at radius 1 is 1.16 bits per heavy atom. The average molecular weight is 337 g/mol. The van der Waals surface area contributed by atoms with Crippen molar-refractivity contribution in [3.63, 3.8) is 0 Å². The Kier molecular flexibility index (Phi) is 4.59. The van der Waals surface area contributed by atoms with E-state index in [1.54, 1.807) is 12.1 Å². The maximum absolute atomic E-state index is 13.5. The fourth-order valence-corrected chi connectivity index (χ4v) is 3.27. The summed E-state index contributed by atoms with van der Waals surface area (Å²) in [4.78, 5) is 2.35. The average Bonchev–Trinajstić information content (AvgIpc) is 3.17. The molecule has 1 atom stereocenters. The minimum Gasteiger partial charge on any atom is -0.371 e. The summed E-state index contributed by atoms with van der Waals surface area (Å²) in [5.41, 5.74) is 4.39. The Hall–Kier alpha value is -2.50. The van der Waals surface area contributed by atoms with Crippen molar-refractivity contribution in [3.05, 3.63) is 77.9 Å². The van der Waals surface area contributed by atoms with Crippen molar-refractivity contribution < 1.29 is 9.13 Å². The summed E-state index contributed by atoms with van der Waals surface area (Å²) < 4.78 is 19.3. The van der Waals surface area contributed by atoms with Crippen molar-refractivity contribution in [2.75, 3.05) is 19.7 Å². The van der Waals surface area contributed by atoms with Crippen LogP contribution in [0.1, 0.15) is 17.2 Å². The quantitative estimate of drug-likeness (QED) is 0.787. The Morgan fingerprint density at radius 3 is 2.92 bits per heavy atom. The first kappa shape index (κ1) is 16.0. The van der Waals surface area contributed by atoms with Crippen molar-refractivity contribution in [2.24, 2.45) is 0 Å². The molecular formula is C20H20FN3O. The second kappa shape index (κ2) is 7.17. The van der Waals surface area contributed by atoms with E-state index in [0.717, 1.165) is 36.3 Å². The number of nitrogens with one attached hydrogen (secondary N) is 1. The van der Waals surface area contributed by atoms with Gasteiger partial charge < -0.3 is 4.74 Å². The molecule has 5 heteroatoms. The number of nitrogens with zero attached hydrogens (tertiary/aromatic N) is 2. The van der Waals surface area contributed by atoms with Crippen LogP contribution in [-0.2, 0) is 11.3 Å². The van der Waals surface area contributed by atoms with Gasteiger partial charge >= 0.3 is 0 Å². The van der Waals surface area contributed by atoms with Crippen LogP contribution in [0.25, 0.3) is 11.1 Å². The number of hydrogen-bond donors (Lipinski definition) is 1. The van der Waals surface area contributed by atoms with Gasteiger partial charge in [-0.25, -0.2) is 4.39 Å². The van der Waals surface area contributed by atoms with Gasteiger partial charge in [0.15, 0.2) is 0 Å². The lowest BCUT2D eigenvalue weighted by Crippen LogP contribution is -2.37. The number of morpholine rings is 1. The molecule has 25 heavy (non-hydrogen) atoms. The number of hydrogen-bond acceptors (Lipinski definition) is 3. The van der Waals surface area contributed by atoms with Crippen LogP contribution in [0.4, 0.5) is 4.39 Å². The maximum Gasteiger partial charge on any atom is 0.123 e. The zero-order valence-corrected chi connectivity index (χ0v) is 13.9. The number of ether oxygens (including phenoxy) is 1. The normalized spacial score (nSPS) is 18.4. The Bertz CT molecular complexity index is 834. The molecule has 1 aliphatic heterocycles. The van der Waals surface area contributed by atoms with Gasteiger partial charge in [0.1, 0.15) is 5.82 Å². The fraction of sp³-hybridized carbons (Fsp3) is 0.250. The van der Waals surface area contributed by atoms with Crippen LogP contribution in [-0.4, -0.2) is 34.8 Å². The first-order valence-corrected chi connectivity index (χ1v) is 8.45. The fourth-order valence-electron chi connectivity index (χ4n) is 3.27. The molecule has 4 rings (SSSR count). The summed E-state index contributed by atoms with van der Waals surface area (Å²) in [5, 5.41) is 6.86. The monoisotopic (exact) mass is 337 g/mol. The molecule has 1 fully saturated rings. The van der Waals surface area contributed by atoms with E-state index in [4.69, 9.17) is 4.74 Å². The van der Waals surface area contributed by atoms with Crippen molar-refractivity contribution in [2.45, 2.75) is 12.6 Å². The van der Waals surface area contributed by atoms with E-state index in [9.17, 15) is 4.39 Å². The molecule has 0 amide bonds. The van der Waals surface area contributed by atoms with E-state index in [1.807, 2.05) is 18.5 Å². The minimum absolute atomic E-state index is 0.0819. The lowest BCUT2D eigenvalue weighted by atomic mass is 10.0. The molecule has 1 unspecified atom stereocenters. The number of halogens is 1. The molecule has 1 aromatic heterocycles. The zero-order valence-electron chi connectivity index (χ0n) is 13.9. The topological polar surface area (TPSA) is 41.2 Å². The molecule has 2 aromatic carbocycles. The number of aromatic nitrogens is 2. The summed E-state index contributed by atoms with van der Waals surface area (Å²) in [6.07, 6.45) is 3.64. The van der Waals surface area contributed by atoms with Crippen molar-refractivity contribution >= 4 is 0 Å². The minimum atomic E-state index is -0.217. The van der Waals surface area contributed by atoms with E-state index in [-0.39, 0.29) is 11.9 Å². The second-order valence-electron chi connectivity index (χ2n) is 6.34. The highest BCUT2D eigenvalue weighted by Gasteiger charge is 2.22. The summed E-state index contributed by atoms with van der Waals surface area (Å²) >= 11 is 0. The van der Waals surface area contributed by atoms with Crippen LogP contribution in [0.15, 0.2) is 60.9 Å². The largest absolute Gasteiger partial charge is 0.371 e. The summed E-state index contributed by atoms with van der Waals surface area (Å²) in [6, 6.07) is 15.2. The van der Waals surface area contributed by atoms with Gasteiger partial charge in [0.05, 0.1) is 18.9 Å². The molecule has 0 radical (unpaired) electrons. The van der Waals surface area contributed by atoms with Crippen LogP contribution in [0.3, 0.4) is 0 Å². The Balaban J connectivity index is 1.47. The Labute approximate surface area is 146 Å². The smallest absolute Gasteiger partial charge is 0.123 e. The zero-order chi connectivity index (χ0) is 17.1. The number of benzene rings is 2. The molecule has 0 saturated carbocycles. The van der Waals surface area contributed by atoms with Crippen LogP contribution < -0.4 is 0 Å². The van der Waals surface area contributed by atoms with Gasteiger partial charge in [0.25, 0.3) is 0 Å². The predicted octanol–water partition coefficient (Wildman–Crippen LogP) is 3.79. The molecule has 0 bridgehead atoms.